The lowest BCUT2D eigenvalue weighted by Crippen LogP contribution is -2.32. The maximum Gasteiger partial charge on any atom is 0.337 e. The number of amides is 1. The highest BCUT2D eigenvalue weighted by atomic mass is 16.4. The molecule has 0 atom stereocenters. The van der Waals surface area contributed by atoms with Crippen molar-refractivity contribution in [1.82, 2.24) is 0 Å². The van der Waals surface area contributed by atoms with Crippen molar-refractivity contribution >= 4 is 23.3 Å². The van der Waals surface area contributed by atoms with Crippen LogP contribution in [0.25, 0.3) is 0 Å². The van der Waals surface area contributed by atoms with Gasteiger partial charge in [-0.1, -0.05) is 6.07 Å². The molecule has 1 amide bonds. The van der Waals surface area contributed by atoms with E-state index in [9.17, 15) is 14.7 Å². The van der Waals surface area contributed by atoms with Crippen LogP contribution < -0.4 is 10.2 Å². The normalized spacial score (nSPS) is 20.1. The van der Waals surface area contributed by atoms with Crippen LogP contribution in [0.5, 0.6) is 0 Å². The van der Waals surface area contributed by atoms with E-state index in [1.54, 1.807) is 18.2 Å². The molecule has 0 aromatic heterocycles. The Morgan fingerprint density at radius 1 is 1.44 bits per heavy atom. The van der Waals surface area contributed by atoms with Gasteiger partial charge in [-0.25, -0.2) is 4.79 Å². The van der Waals surface area contributed by atoms with E-state index in [2.05, 4.69) is 5.32 Å². The summed E-state index contributed by atoms with van der Waals surface area (Å²) in [6, 6.07) is 4.97. The summed E-state index contributed by atoms with van der Waals surface area (Å²) in [5.41, 5.74) is 1.10. The predicted molar refractivity (Wildman–Crippen MR) is 67.0 cm³/mol. The number of carboxylic acid groups (broad SMARTS) is 1. The number of nitrogens with one attached hydrogen (secondary N) is 1. The van der Waals surface area contributed by atoms with E-state index in [0.717, 1.165) is 12.8 Å². The van der Waals surface area contributed by atoms with E-state index in [1.807, 2.05) is 11.9 Å². The molecule has 1 spiro atoms. The summed E-state index contributed by atoms with van der Waals surface area (Å²) >= 11 is 0. The summed E-state index contributed by atoms with van der Waals surface area (Å²) in [5.74, 6) is -0.963. The molecule has 2 aliphatic rings. The number of rotatable bonds is 1. The summed E-state index contributed by atoms with van der Waals surface area (Å²) in [5, 5.41) is 12.1. The summed E-state index contributed by atoms with van der Waals surface area (Å²) in [4.78, 5) is 25.2. The van der Waals surface area contributed by atoms with Gasteiger partial charge < -0.3 is 15.3 Å². The first-order valence-corrected chi connectivity index (χ1v) is 5.92. The number of carboxylic acids is 1. The van der Waals surface area contributed by atoms with Crippen molar-refractivity contribution in [1.29, 1.82) is 0 Å². The first-order chi connectivity index (χ1) is 8.53. The van der Waals surface area contributed by atoms with Gasteiger partial charge in [0.1, 0.15) is 0 Å². The van der Waals surface area contributed by atoms with Crippen LogP contribution in [0, 0.1) is 5.41 Å². The number of nitrogens with zero attached hydrogens (tertiary/aromatic N) is 1. The minimum atomic E-state index is -0.973. The average molecular weight is 246 g/mol. The van der Waals surface area contributed by atoms with Crippen molar-refractivity contribution < 1.29 is 14.7 Å². The molecule has 5 heteroatoms. The van der Waals surface area contributed by atoms with Gasteiger partial charge in [0.05, 0.1) is 22.4 Å². The molecule has 0 saturated heterocycles. The summed E-state index contributed by atoms with van der Waals surface area (Å²) in [6.45, 7) is 0.579. The molecule has 2 N–H and O–H groups in total. The Bertz CT molecular complexity index is 549. The molecule has 94 valence electrons. The average Bonchev–Trinajstić information content (AvgIpc) is 3.09. The number of para-hydroxylation sites is 1. The molecular weight excluding hydrogens is 232 g/mol. The zero-order chi connectivity index (χ0) is 12.9. The number of hydrogen-bond donors (Lipinski definition) is 2. The van der Waals surface area contributed by atoms with Crippen LogP contribution in [0.15, 0.2) is 18.2 Å². The van der Waals surface area contributed by atoms with Crippen LogP contribution in [0.4, 0.5) is 11.4 Å². The number of benzene rings is 1. The summed E-state index contributed by atoms with van der Waals surface area (Å²) in [7, 11) is 1.84. The van der Waals surface area contributed by atoms with E-state index in [4.69, 9.17) is 0 Å². The molecule has 1 saturated carbocycles. The van der Waals surface area contributed by atoms with Crippen molar-refractivity contribution in [3.05, 3.63) is 23.8 Å². The van der Waals surface area contributed by atoms with Crippen molar-refractivity contribution in [2.24, 2.45) is 5.41 Å². The minimum Gasteiger partial charge on any atom is -0.478 e. The Morgan fingerprint density at radius 3 is 2.78 bits per heavy atom. The molecule has 18 heavy (non-hydrogen) atoms. The van der Waals surface area contributed by atoms with Gasteiger partial charge >= 0.3 is 5.97 Å². The molecule has 1 aliphatic carbocycles. The third-order valence-electron chi connectivity index (χ3n) is 3.77. The SMILES string of the molecule is CN1CC2(CC2)C(=O)Nc2cccc(C(=O)O)c21. The van der Waals surface area contributed by atoms with Gasteiger partial charge in [0, 0.05) is 13.6 Å². The molecule has 1 heterocycles. The molecule has 1 aromatic carbocycles. The van der Waals surface area contributed by atoms with Gasteiger partial charge in [-0.2, -0.15) is 0 Å². The first kappa shape index (κ1) is 11.1. The van der Waals surface area contributed by atoms with Gasteiger partial charge in [0.15, 0.2) is 0 Å². The lowest BCUT2D eigenvalue weighted by atomic mass is 10.1. The van der Waals surface area contributed by atoms with E-state index in [0.29, 0.717) is 17.9 Å². The van der Waals surface area contributed by atoms with Gasteiger partial charge in [0.2, 0.25) is 5.91 Å². The second-order valence-electron chi connectivity index (χ2n) is 5.10. The van der Waals surface area contributed by atoms with Gasteiger partial charge in [0.25, 0.3) is 0 Å². The minimum absolute atomic E-state index is 0.00985. The monoisotopic (exact) mass is 246 g/mol. The fourth-order valence-corrected chi connectivity index (χ4v) is 2.62. The molecule has 0 unspecified atom stereocenters. The Morgan fingerprint density at radius 2 is 2.17 bits per heavy atom. The zero-order valence-electron chi connectivity index (χ0n) is 10.1. The standard InChI is InChI=1S/C13H14N2O3/c1-15-7-13(5-6-13)12(18)14-9-4-2-3-8(10(9)15)11(16)17/h2-4H,5-7H2,1H3,(H,14,18)(H,16,17). The fourth-order valence-electron chi connectivity index (χ4n) is 2.62. The number of carbonyl (C=O) groups is 2. The quantitative estimate of drug-likeness (QED) is 0.788. The smallest absolute Gasteiger partial charge is 0.337 e. The third-order valence-corrected chi connectivity index (χ3v) is 3.77. The van der Waals surface area contributed by atoms with Crippen LogP contribution >= 0.6 is 0 Å². The summed E-state index contributed by atoms with van der Waals surface area (Å²) < 4.78 is 0. The molecular formula is C13H14N2O3. The predicted octanol–water partition coefficient (Wildman–Crippen LogP) is 1.55. The van der Waals surface area contributed by atoms with E-state index in [1.165, 1.54) is 0 Å². The second kappa shape index (κ2) is 3.48. The number of fused-ring (bicyclic) bond motifs is 1. The van der Waals surface area contributed by atoms with E-state index >= 15 is 0 Å². The first-order valence-electron chi connectivity index (χ1n) is 5.92. The largest absolute Gasteiger partial charge is 0.478 e. The highest BCUT2D eigenvalue weighted by molar-refractivity contribution is 6.06. The summed E-state index contributed by atoms with van der Waals surface area (Å²) in [6.07, 6.45) is 1.75. The number of carbonyl (C=O) groups excluding carboxylic acids is 1. The zero-order valence-corrected chi connectivity index (χ0v) is 10.1. The molecule has 1 aromatic rings. The fraction of sp³-hybridized carbons (Fsp3) is 0.385. The lowest BCUT2D eigenvalue weighted by Gasteiger charge is -2.22. The van der Waals surface area contributed by atoms with Gasteiger partial charge in [-0.15, -0.1) is 0 Å². The maximum absolute atomic E-state index is 12.1. The molecule has 1 fully saturated rings. The third kappa shape index (κ3) is 1.47. The molecule has 1 aliphatic heterocycles. The molecule has 5 nitrogen and oxygen atoms in total. The Labute approximate surface area is 104 Å². The van der Waals surface area contributed by atoms with Crippen LogP contribution in [0.1, 0.15) is 23.2 Å². The van der Waals surface area contributed by atoms with Crippen molar-refractivity contribution in [3.63, 3.8) is 0 Å². The highest BCUT2D eigenvalue weighted by Crippen LogP contribution is 2.50. The maximum atomic E-state index is 12.1. The molecule has 0 radical (unpaired) electrons. The Kier molecular flexibility index (Phi) is 2.14. The van der Waals surface area contributed by atoms with E-state index in [-0.39, 0.29) is 16.9 Å². The van der Waals surface area contributed by atoms with Crippen LogP contribution in [0.3, 0.4) is 0 Å². The number of anilines is 2. The van der Waals surface area contributed by atoms with Crippen LogP contribution in [-0.2, 0) is 4.79 Å². The second-order valence-corrected chi connectivity index (χ2v) is 5.10. The van der Waals surface area contributed by atoms with Gasteiger partial charge in [-0.3, -0.25) is 4.79 Å². The van der Waals surface area contributed by atoms with Crippen molar-refractivity contribution in [2.45, 2.75) is 12.8 Å². The molecule has 3 rings (SSSR count). The topological polar surface area (TPSA) is 69.6 Å². The number of aromatic carboxylic acids is 1. The van der Waals surface area contributed by atoms with E-state index < -0.39 is 5.97 Å². The van der Waals surface area contributed by atoms with Crippen molar-refractivity contribution in [2.75, 3.05) is 23.8 Å². The Hall–Kier alpha value is -2.04. The molecule has 0 bridgehead atoms. The van der Waals surface area contributed by atoms with Crippen molar-refractivity contribution in [3.8, 4) is 0 Å². The lowest BCUT2D eigenvalue weighted by molar-refractivity contribution is -0.120. The highest BCUT2D eigenvalue weighted by Gasteiger charge is 2.52. The number of hydrogen-bond acceptors (Lipinski definition) is 3. The van der Waals surface area contributed by atoms with Crippen LogP contribution in [0.2, 0.25) is 0 Å². The van der Waals surface area contributed by atoms with Gasteiger partial charge in [-0.05, 0) is 25.0 Å². The van der Waals surface area contributed by atoms with Crippen LogP contribution in [-0.4, -0.2) is 30.6 Å². The Balaban J connectivity index is 2.13.